The van der Waals surface area contributed by atoms with Gasteiger partial charge in [0.2, 0.25) is 0 Å². The fourth-order valence-electron chi connectivity index (χ4n) is 3.42. The second kappa shape index (κ2) is 4.22. The molecule has 1 spiro atoms. The third kappa shape index (κ3) is 2.13. The van der Waals surface area contributed by atoms with Gasteiger partial charge in [0.1, 0.15) is 0 Å². The van der Waals surface area contributed by atoms with Crippen LogP contribution in [0.1, 0.15) is 58.8 Å². The van der Waals surface area contributed by atoms with Gasteiger partial charge in [-0.05, 0) is 64.5 Å². The average Bonchev–Trinajstić information content (AvgIpc) is 2.47. The van der Waals surface area contributed by atoms with Gasteiger partial charge in [-0.15, -0.1) is 0 Å². The molecule has 1 saturated heterocycles. The van der Waals surface area contributed by atoms with E-state index in [1.165, 1.54) is 58.0 Å². The molecule has 2 rings (SSSR count). The summed E-state index contributed by atoms with van der Waals surface area (Å²) < 4.78 is 0. The maximum Gasteiger partial charge on any atom is 0.00385 e. The number of hydrogen-bond acceptors (Lipinski definition) is 1. The summed E-state index contributed by atoms with van der Waals surface area (Å²) in [5.74, 6) is 0. The largest absolute Gasteiger partial charge is 0.301 e. The molecule has 0 aromatic rings. The molecule has 14 heavy (non-hydrogen) atoms. The highest BCUT2D eigenvalue weighted by molar-refractivity contribution is 4.88. The lowest BCUT2D eigenvalue weighted by Gasteiger charge is -2.28. The minimum Gasteiger partial charge on any atom is -0.301 e. The van der Waals surface area contributed by atoms with Gasteiger partial charge in [0.05, 0.1) is 0 Å². The monoisotopic (exact) mass is 195 g/mol. The number of hydrogen-bond donors (Lipinski definition) is 0. The van der Waals surface area contributed by atoms with Gasteiger partial charge in [0.25, 0.3) is 0 Å². The zero-order chi connectivity index (χ0) is 10.0. The lowest BCUT2D eigenvalue weighted by molar-refractivity contribution is 0.206. The summed E-state index contributed by atoms with van der Waals surface area (Å²) in [5.41, 5.74) is 0.781. The van der Waals surface area contributed by atoms with Gasteiger partial charge in [0.15, 0.2) is 0 Å². The second-order valence-corrected chi connectivity index (χ2v) is 5.69. The molecule has 0 unspecified atom stereocenters. The molecule has 1 nitrogen and oxygen atoms in total. The molecule has 0 atom stereocenters. The molecule has 0 amide bonds. The van der Waals surface area contributed by atoms with Crippen molar-refractivity contribution >= 4 is 0 Å². The molecule has 0 aromatic heterocycles. The van der Waals surface area contributed by atoms with Crippen molar-refractivity contribution in [3.8, 4) is 0 Å². The molecular formula is C13H25N. The van der Waals surface area contributed by atoms with Crippen LogP contribution in [-0.2, 0) is 0 Å². The Balaban J connectivity index is 1.93. The Morgan fingerprint density at radius 2 is 1.50 bits per heavy atom. The quantitative estimate of drug-likeness (QED) is 0.619. The zero-order valence-corrected chi connectivity index (χ0v) is 9.89. The Morgan fingerprint density at radius 1 is 0.857 bits per heavy atom. The van der Waals surface area contributed by atoms with E-state index < -0.39 is 0 Å². The molecule has 1 heteroatoms. The number of likely N-dealkylation sites (tertiary alicyclic amines) is 1. The summed E-state index contributed by atoms with van der Waals surface area (Å²) in [5, 5.41) is 0. The Labute approximate surface area is 88.9 Å². The van der Waals surface area contributed by atoms with Crippen LogP contribution >= 0.6 is 0 Å². The maximum atomic E-state index is 2.67. The smallest absolute Gasteiger partial charge is 0.00385 e. The van der Waals surface area contributed by atoms with Crippen LogP contribution in [0.4, 0.5) is 0 Å². The van der Waals surface area contributed by atoms with Crippen LogP contribution in [0, 0.1) is 5.41 Å². The predicted octanol–water partition coefficient (Wildman–Crippen LogP) is 3.44. The first-order chi connectivity index (χ1) is 6.72. The maximum absolute atomic E-state index is 2.67. The third-order valence-electron chi connectivity index (χ3n) is 4.48. The van der Waals surface area contributed by atoms with Crippen molar-refractivity contribution in [2.75, 3.05) is 13.1 Å². The lowest BCUT2D eigenvalue weighted by Crippen LogP contribution is -2.32. The van der Waals surface area contributed by atoms with Crippen molar-refractivity contribution in [1.29, 1.82) is 0 Å². The van der Waals surface area contributed by atoms with E-state index in [4.69, 9.17) is 0 Å². The Morgan fingerprint density at radius 3 is 2.14 bits per heavy atom. The van der Waals surface area contributed by atoms with Crippen molar-refractivity contribution in [3.63, 3.8) is 0 Å². The highest BCUT2D eigenvalue weighted by atomic mass is 15.1. The van der Waals surface area contributed by atoms with E-state index in [-0.39, 0.29) is 0 Å². The Bertz CT molecular complexity index is 180. The van der Waals surface area contributed by atoms with Crippen molar-refractivity contribution in [2.45, 2.75) is 64.8 Å². The topological polar surface area (TPSA) is 3.24 Å². The summed E-state index contributed by atoms with van der Waals surface area (Å²) in [4.78, 5) is 2.67. The minimum absolute atomic E-state index is 0.756. The molecule has 2 aliphatic rings. The van der Waals surface area contributed by atoms with Crippen LogP contribution in [0.5, 0.6) is 0 Å². The van der Waals surface area contributed by atoms with E-state index in [2.05, 4.69) is 18.7 Å². The minimum atomic E-state index is 0.756. The summed E-state index contributed by atoms with van der Waals surface area (Å²) in [7, 11) is 0. The first-order valence-electron chi connectivity index (χ1n) is 6.46. The Kier molecular flexibility index (Phi) is 3.16. The van der Waals surface area contributed by atoms with Crippen LogP contribution < -0.4 is 0 Å². The van der Waals surface area contributed by atoms with Gasteiger partial charge in [-0.3, -0.25) is 0 Å². The SMILES string of the molecule is CC(C)N1CCCC2(CCCC2)CC1. The second-order valence-electron chi connectivity index (χ2n) is 5.69. The van der Waals surface area contributed by atoms with Crippen LogP contribution in [0.2, 0.25) is 0 Å². The van der Waals surface area contributed by atoms with Gasteiger partial charge in [0, 0.05) is 6.04 Å². The average molecular weight is 195 g/mol. The first kappa shape index (κ1) is 10.5. The molecule has 1 saturated carbocycles. The van der Waals surface area contributed by atoms with Gasteiger partial charge in [-0.1, -0.05) is 12.8 Å². The van der Waals surface area contributed by atoms with E-state index in [0.717, 1.165) is 11.5 Å². The molecule has 0 bridgehead atoms. The predicted molar refractivity (Wildman–Crippen MR) is 61.5 cm³/mol. The molecule has 1 aliphatic heterocycles. The van der Waals surface area contributed by atoms with Crippen molar-refractivity contribution in [3.05, 3.63) is 0 Å². The van der Waals surface area contributed by atoms with E-state index in [1.807, 2.05) is 0 Å². The first-order valence-corrected chi connectivity index (χ1v) is 6.46. The summed E-state index contributed by atoms with van der Waals surface area (Å²) in [6.45, 7) is 7.39. The van der Waals surface area contributed by atoms with Crippen LogP contribution in [-0.4, -0.2) is 24.0 Å². The normalized spacial score (nSPS) is 28.5. The summed E-state index contributed by atoms with van der Waals surface area (Å²) in [6, 6.07) is 0.756. The van der Waals surface area contributed by atoms with E-state index in [9.17, 15) is 0 Å². The van der Waals surface area contributed by atoms with Crippen LogP contribution in [0.3, 0.4) is 0 Å². The van der Waals surface area contributed by atoms with Crippen LogP contribution in [0.25, 0.3) is 0 Å². The fourth-order valence-corrected chi connectivity index (χ4v) is 3.42. The van der Waals surface area contributed by atoms with Crippen molar-refractivity contribution in [1.82, 2.24) is 4.90 Å². The van der Waals surface area contributed by atoms with E-state index in [1.54, 1.807) is 0 Å². The molecule has 82 valence electrons. The molecule has 0 aromatic carbocycles. The molecule has 1 heterocycles. The van der Waals surface area contributed by atoms with E-state index in [0.29, 0.717) is 0 Å². The molecule has 1 aliphatic carbocycles. The molecular weight excluding hydrogens is 170 g/mol. The zero-order valence-electron chi connectivity index (χ0n) is 9.89. The van der Waals surface area contributed by atoms with Gasteiger partial charge >= 0.3 is 0 Å². The van der Waals surface area contributed by atoms with Crippen LogP contribution in [0.15, 0.2) is 0 Å². The van der Waals surface area contributed by atoms with Gasteiger partial charge < -0.3 is 4.90 Å². The number of nitrogens with zero attached hydrogens (tertiary/aromatic N) is 1. The summed E-state index contributed by atoms with van der Waals surface area (Å²) >= 11 is 0. The molecule has 0 N–H and O–H groups in total. The third-order valence-corrected chi connectivity index (χ3v) is 4.48. The highest BCUT2D eigenvalue weighted by Crippen LogP contribution is 2.46. The van der Waals surface area contributed by atoms with E-state index >= 15 is 0 Å². The summed E-state index contributed by atoms with van der Waals surface area (Å²) in [6.07, 6.45) is 10.5. The molecule has 0 radical (unpaired) electrons. The fraction of sp³-hybridized carbons (Fsp3) is 1.00. The van der Waals surface area contributed by atoms with Crippen molar-refractivity contribution in [2.24, 2.45) is 5.41 Å². The lowest BCUT2D eigenvalue weighted by atomic mass is 9.79. The van der Waals surface area contributed by atoms with Gasteiger partial charge in [-0.2, -0.15) is 0 Å². The van der Waals surface area contributed by atoms with Crippen molar-refractivity contribution < 1.29 is 0 Å². The Hall–Kier alpha value is -0.0400. The number of rotatable bonds is 1. The van der Waals surface area contributed by atoms with Gasteiger partial charge in [-0.25, -0.2) is 0 Å². The standard InChI is InChI=1S/C13H25N/c1-12(2)14-10-5-8-13(9-11-14)6-3-4-7-13/h12H,3-11H2,1-2H3. The molecule has 2 fully saturated rings. The highest BCUT2D eigenvalue weighted by Gasteiger charge is 2.35.